The summed E-state index contributed by atoms with van der Waals surface area (Å²) in [6.07, 6.45) is 11.4. The number of rotatable bonds is 17. The van der Waals surface area contributed by atoms with Gasteiger partial charge in [0.15, 0.2) is 0 Å². The molecular formula is C34H37NO5. The van der Waals surface area contributed by atoms with Crippen molar-refractivity contribution in [1.29, 1.82) is 5.26 Å². The van der Waals surface area contributed by atoms with E-state index in [4.69, 9.17) is 19.5 Å². The maximum Gasteiger partial charge on any atom is 0.343 e. The molecule has 0 aliphatic rings. The highest BCUT2D eigenvalue weighted by Crippen LogP contribution is 2.24. The number of hydrogen-bond acceptors (Lipinski definition) is 6. The van der Waals surface area contributed by atoms with E-state index in [0.717, 1.165) is 42.6 Å². The largest absolute Gasteiger partial charge is 0.494 e. The predicted octanol–water partition coefficient (Wildman–Crippen LogP) is 8.06. The summed E-state index contributed by atoms with van der Waals surface area (Å²) in [5.74, 6) is 0.437. The van der Waals surface area contributed by atoms with E-state index in [2.05, 4.69) is 12.6 Å². The van der Waals surface area contributed by atoms with Crippen molar-refractivity contribution in [2.24, 2.45) is 0 Å². The van der Waals surface area contributed by atoms with Crippen LogP contribution in [0.5, 0.6) is 11.5 Å². The van der Waals surface area contributed by atoms with Crippen LogP contribution in [0, 0.1) is 11.3 Å². The second-order valence-corrected chi connectivity index (χ2v) is 9.53. The highest BCUT2D eigenvalue weighted by atomic mass is 16.5. The molecule has 0 N–H and O–H groups in total. The number of hydrogen-bond donors (Lipinski definition) is 0. The summed E-state index contributed by atoms with van der Waals surface area (Å²) >= 11 is 0. The van der Waals surface area contributed by atoms with E-state index in [1.54, 1.807) is 48.5 Å². The molecule has 6 nitrogen and oxygen atoms in total. The smallest absolute Gasteiger partial charge is 0.343 e. The Hall–Kier alpha value is -4.37. The van der Waals surface area contributed by atoms with E-state index in [-0.39, 0.29) is 5.97 Å². The van der Waals surface area contributed by atoms with Crippen molar-refractivity contribution in [3.63, 3.8) is 0 Å². The molecule has 3 rings (SSSR count). The Kier molecular flexibility index (Phi) is 13.0. The first-order valence-corrected chi connectivity index (χ1v) is 13.9. The molecule has 0 fully saturated rings. The minimum absolute atomic E-state index is 0.346. The molecule has 0 unspecified atom stereocenters. The van der Waals surface area contributed by atoms with Crippen LogP contribution in [0.15, 0.2) is 85.5 Å². The molecule has 0 aromatic heterocycles. The van der Waals surface area contributed by atoms with Crippen LogP contribution in [-0.2, 0) is 9.53 Å². The molecule has 0 bridgehead atoms. The summed E-state index contributed by atoms with van der Waals surface area (Å²) in [6, 6.07) is 23.8. The fourth-order valence-corrected chi connectivity index (χ4v) is 4.17. The lowest BCUT2D eigenvalue weighted by molar-refractivity contribution is -0.137. The lowest BCUT2D eigenvalue weighted by Gasteiger charge is -2.08. The van der Waals surface area contributed by atoms with Gasteiger partial charge in [-0.15, -0.1) is 0 Å². The normalized spacial score (nSPS) is 10.4. The maximum atomic E-state index is 12.5. The zero-order valence-corrected chi connectivity index (χ0v) is 23.0. The van der Waals surface area contributed by atoms with Crippen LogP contribution in [0.1, 0.15) is 73.7 Å². The molecule has 0 aliphatic heterocycles. The number of unbranched alkanes of at least 4 members (excludes halogenated alkanes) is 8. The highest BCUT2D eigenvalue weighted by Gasteiger charge is 2.09. The molecule has 40 heavy (non-hydrogen) atoms. The third kappa shape index (κ3) is 10.8. The van der Waals surface area contributed by atoms with E-state index in [1.165, 1.54) is 38.2 Å². The fraction of sp³-hybridized carbons (Fsp3) is 0.324. The van der Waals surface area contributed by atoms with Crippen molar-refractivity contribution in [1.82, 2.24) is 0 Å². The molecule has 0 saturated carbocycles. The molecule has 3 aromatic rings. The summed E-state index contributed by atoms with van der Waals surface area (Å²) in [4.78, 5) is 23.5. The minimum atomic E-state index is -0.422. The van der Waals surface area contributed by atoms with Gasteiger partial charge in [-0.25, -0.2) is 9.59 Å². The lowest BCUT2D eigenvalue weighted by atomic mass is 10.0. The molecular weight excluding hydrogens is 502 g/mol. The third-order valence-electron chi connectivity index (χ3n) is 6.47. The van der Waals surface area contributed by atoms with Crippen molar-refractivity contribution in [3.05, 3.63) is 96.6 Å². The van der Waals surface area contributed by atoms with Crippen LogP contribution in [0.3, 0.4) is 0 Å². The fourth-order valence-electron chi connectivity index (χ4n) is 4.17. The predicted molar refractivity (Wildman–Crippen MR) is 156 cm³/mol. The number of carbonyl (C=O) groups is 2. The Morgan fingerprint density at radius 3 is 1.73 bits per heavy atom. The summed E-state index contributed by atoms with van der Waals surface area (Å²) in [6.45, 7) is 4.51. The number of carbonyl (C=O) groups excluding carboxylic acids is 2. The van der Waals surface area contributed by atoms with Crippen molar-refractivity contribution >= 4 is 11.9 Å². The summed E-state index contributed by atoms with van der Waals surface area (Å²) in [7, 11) is 0. The SMILES string of the molecule is C=CC(=O)OCCCCCCCCCCCOc1ccc(C(=O)Oc2ccc(-c3ccc(C#N)cc3)cc2)cc1. The van der Waals surface area contributed by atoms with Crippen molar-refractivity contribution in [3.8, 4) is 28.7 Å². The summed E-state index contributed by atoms with van der Waals surface area (Å²) in [5, 5.41) is 8.94. The second kappa shape index (κ2) is 17.3. The first-order valence-electron chi connectivity index (χ1n) is 13.9. The third-order valence-corrected chi connectivity index (χ3v) is 6.47. The van der Waals surface area contributed by atoms with E-state index < -0.39 is 5.97 Å². The van der Waals surface area contributed by atoms with Gasteiger partial charge in [0.1, 0.15) is 11.5 Å². The van der Waals surface area contributed by atoms with Crippen LogP contribution >= 0.6 is 0 Å². The van der Waals surface area contributed by atoms with E-state index in [1.807, 2.05) is 24.3 Å². The Morgan fingerprint density at radius 1 is 0.675 bits per heavy atom. The Labute approximate surface area is 237 Å². The zero-order valence-electron chi connectivity index (χ0n) is 23.0. The van der Waals surface area contributed by atoms with E-state index in [0.29, 0.717) is 30.1 Å². The number of nitriles is 1. The average Bonchev–Trinajstić information content (AvgIpc) is 3.00. The van der Waals surface area contributed by atoms with Gasteiger partial charge in [0.2, 0.25) is 0 Å². The molecule has 6 heteroatoms. The van der Waals surface area contributed by atoms with E-state index >= 15 is 0 Å². The van der Waals surface area contributed by atoms with Gasteiger partial charge in [0, 0.05) is 6.08 Å². The van der Waals surface area contributed by atoms with Gasteiger partial charge >= 0.3 is 11.9 Å². The standard InChI is InChI=1S/C34H37NO5/c1-2-33(36)39-25-11-9-7-5-3-4-6-8-10-24-38-31-20-18-30(19-21-31)34(37)40-32-22-16-29(17-23-32)28-14-12-27(26-35)13-15-28/h2,12-23H,1,3-11,24-25H2. The quantitative estimate of drug-likeness (QED) is 0.0746. The minimum Gasteiger partial charge on any atom is -0.494 e. The highest BCUT2D eigenvalue weighted by molar-refractivity contribution is 5.91. The number of ether oxygens (including phenoxy) is 3. The Balaban J connectivity index is 1.26. The molecule has 3 aromatic carbocycles. The first-order chi connectivity index (χ1) is 19.6. The molecule has 0 aliphatic carbocycles. The molecule has 0 heterocycles. The second-order valence-electron chi connectivity index (χ2n) is 9.53. The van der Waals surface area contributed by atoms with Gasteiger partial charge in [-0.3, -0.25) is 0 Å². The summed E-state index contributed by atoms with van der Waals surface area (Å²) < 4.78 is 16.3. The van der Waals surface area contributed by atoms with Crippen LogP contribution < -0.4 is 9.47 Å². The van der Waals surface area contributed by atoms with Gasteiger partial charge < -0.3 is 14.2 Å². The van der Waals surface area contributed by atoms with Gasteiger partial charge in [0.05, 0.1) is 30.4 Å². The topological polar surface area (TPSA) is 85.6 Å². The van der Waals surface area contributed by atoms with Crippen molar-refractivity contribution in [2.75, 3.05) is 13.2 Å². The van der Waals surface area contributed by atoms with Gasteiger partial charge in [-0.1, -0.05) is 75.8 Å². The van der Waals surface area contributed by atoms with E-state index in [9.17, 15) is 9.59 Å². The molecule has 208 valence electrons. The number of esters is 2. The zero-order chi connectivity index (χ0) is 28.4. The van der Waals surface area contributed by atoms with Crippen LogP contribution in [0.2, 0.25) is 0 Å². The molecule has 0 radical (unpaired) electrons. The summed E-state index contributed by atoms with van der Waals surface area (Å²) in [5.41, 5.74) is 3.04. The number of benzene rings is 3. The average molecular weight is 540 g/mol. The van der Waals surface area contributed by atoms with Crippen LogP contribution in [0.25, 0.3) is 11.1 Å². The van der Waals surface area contributed by atoms with Crippen LogP contribution in [0.4, 0.5) is 0 Å². The Bertz CT molecular complexity index is 1240. The van der Waals surface area contributed by atoms with Gasteiger partial charge in [-0.05, 0) is 72.5 Å². The van der Waals surface area contributed by atoms with Crippen molar-refractivity contribution in [2.45, 2.75) is 57.8 Å². The lowest BCUT2D eigenvalue weighted by Crippen LogP contribution is -2.08. The molecule has 0 atom stereocenters. The maximum absolute atomic E-state index is 12.5. The number of nitrogens with zero attached hydrogens (tertiary/aromatic N) is 1. The molecule has 0 saturated heterocycles. The monoisotopic (exact) mass is 539 g/mol. The van der Waals surface area contributed by atoms with Crippen LogP contribution in [-0.4, -0.2) is 25.2 Å². The molecule has 0 amide bonds. The van der Waals surface area contributed by atoms with Gasteiger partial charge in [-0.2, -0.15) is 5.26 Å². The van der Waals surface area contributed by atoms with Crippen molar-refractivity contribution < 1.29 is 23.8 Å². The molecule has 0 spiro atoms. The Morgan fingerprint density at radius 2 is 1.18 bits per heavy atom. The first kappa shape index (κ1) is 30.2. The van der Waals surface area contributed by atoms with Gasteiger partial charge in [0.25, 0.3) is 0 Å².